The van der Waals surface area contributed by atoms with Crippen LogP contribution in [0.2, 0.25) is 0 Å². The molecular weight excluding hydrogens is 472 g/mol. The Labute approximate surface area is 213 Å². The van der Waals surface area contributed by atoms with Crippen molar-refractivity contribution in [3.63, 3.8) is 0 Å². The Bertz CT molecular complexity index is 736. The maximum absolute atomic E-state index is 12.7. The molecule has 1 amide bonds. The minimum atomic E-state index is -1.85. The van der Waals surface area contributed by atoms with E-state index in [0.717, 1.165) is 0 Å². The highest BCUT2D eigenvalue weighted by Gasteiger charge is 2.50. The number of aliphatic hydroxyl groups excluding tert-OH is 4. The number of aliphatic hydroxyl groups is 5. The van der Waals surface area contributed by atoms with Gasteiger partial charge in [-0.3, -0.25) is 4.79 Å². The van der Waals surface area contributed by atoms with Gasteiger partial charge in [-0.1, -0.05) is 39.8 Å². The highest BCUT2D eigenvalue weighted by Crippen LogP contribution is 2.38. The number of hydrogen-bond acceptors (Lipinski definition) is 10. The van der Waals surface area contributed by atoms with Crippen molar-refractivity contribution >= 4 is 5.91 Å². The van der Waals surface area contributed by atoms with Crippen molar-refractivity contribution in [3.8, 4) is 0 Å². The maximum atomic E-state index is 12.7. The number of hydrogen-bond donors (Lipinski definition) is 7. The summed E-state index contributed by atoms with van der Waals surface area (Å²) in [6.07, 6.45) is -4.82. The lowest BCUT2D eigenvalue weighted by Crippen LogP contribution is -2.62. The molecule has 2 fully saturated rings. The molecular formula is C25H46N2O9. The summed E-state index contributed by atoms with van der Waals surface area (Å²) in [7, 11) is 1.45. The third-order valence-electron chi connectivity index (χ3n) is 6.94. The first-order chi connectivity index (χ1) is 16.7. The fourth-order valence-corrected chi connectivity index (χ4v) is 4.61. The molecule has 36 heavy (non-hydrogen) atoms. The average Bonchev–Trinajstić information content (AvgIpc) is 2.78. The lowest BCUT2D eigenvalue weighted by molar-refractivity contribution is -0.307. The van der Waals surface area contributed by atoms with Crippen molar-refractivity contribution in [2.75, 3.05) is 7.05 Å². The third-order valence-corrected chi connectivity index (χ3v) is 6.94. The Morgan fingerprint density at radius 3 is 2.39 bits per heavy atom. The predicted molar refractivity (Wildman–Crippen MR) is 131 cm³/mol. The molecule has 11 heteroatoms. The van der Waals surface area contributed by atoms with Crippen molar-refractivity contribution in [1.82, 2.24) is 5.32 Å². The number of carbonyl (C=O) groups excluding carboxylic acids is 1. The molecule has 0 bridgehead atoms. The van der Waals surface area contributed by atoms with Crippen LogP contribution in [-0.2, 0) is 19.0 Å². The maximum Gasteiger partial charge on any atom is 0.228 e. The van der Waals surface area contributed by atoms with Crippen LogP contribution in [0.4, 0.5) is 0 Å². The molecule has 0 aliphatic carbocycles. The second kappa shape index (κ2) is 13.1. The Morgan fingerprint density at radius 1 is 1.19 bits per heavy atom. The summed E-state index contributed by atoms with van der Waals surface area (Å²) in [5.41, 5.74) is 5.94. The zero-order valence-corrected chi connectivity index (χ0v) is 22.2. The molecule has 0 aromatic rings. The molecule has 2 aliphatic heterocycles. The number of rotatable bonds is 10. The van der Waals surface area contributed by atoms with Gasteiger partial charge in [-0.2, -0.15) is 0 Å². The first-order valence-electron chi connectivity index (χ1n) is 12.8. The van der Waals surface area contributed by atoms with Crippen LogP contribution in [0, 0.1) is 17.8 Å². The van der Waals surface area contributed by atoms with E-state index >= 15 is 0 Å². The van der Waals surface area contributed by atoms with Crippen LogP contribution >= 0.6 is 0 Å². The highest BCUT2D eigenvalue weighted by atomic mass is 16.7. The van der Waals surface area contributed by atoms with E-state index in [9.17, 15) is 30.3 Å². The van der Waals surface area contributed by atoms with Crippen LogP contribution < -0.4 is 11.1 Å². The second-order valence-corrected chi connectivity index (χ2v) is 10.8. The van der Waals surface area contributed by atoms with Crippen molar-refractivity contribution in [3.05, 3.63) is 12.2 Å². The van der Waals surface area contributed by atoms with Crippen LogP contribution in [0.15, 0.2) is 12.2 Å². The van der Waals surface area contributed by atoms with Crippen molar-refractivity contribution in [2.24, 2.45) is 23.5 Å². The van der Waals surface area contributed by atoms with Crippen LogP contribution in [0.25, 0.3) is 0 Å². The van der Waals surface area contributed by atoms with Crippen molar-refractivity contribution in [1.29, 1.82) is 0 Å². The van der Waals surface area contributed by atoms with Gasteiger partial charge in [-0.25, -0.2) is 0 Å². The molecule has 2 saturated heterocycles. The number of nitrogens with two attached hydrogens (primary N) is 1. The van der Waals surface area contributed by atoms with Crippen LogP contribution in [0.3, 0.4) is 0 Å². The highest BCUT2D eigenvalue weighted by molar-refractivity contribution is 5.79. The lowest BCUT2D eigenvalue weighted by atomic mass is 9.82. The van der Waals surface area contributed by atoms with Gasteiger partial charge in [0.25, 0.3) is 0 Å². The molecule has 8 unspecified atom stereocenters. The molecule has 8 N–H and O–H groups in total. The van der Waals surface area contributed by atoms with Crippen LogP contribution in [-0.4, -0.2) is 99.3 Å². The van der Waals surface area contributed by atoms with Crippen LogP contribution in [0.5, 0.6) is 0 Å². The Balaban J connectivity index is 2.32. The number of ether oxygens (including phenoxy) is 3. The normalized spacial score (nSPS) is 39.5. The van der Waals surface area contributed by atoms with Gasteiger partial charge in [0.15, 0.2) is 12.1 Å². The van der Waals surface area contributed by atoms with Gasteiger partial charge in [0.2, 0.25) is 5.91 Å². The van der Waals surface area contributed by atoms with Gasteiger partial charge in [0.1, 0.15) is 6.10 Å². The molecule has 2 aliphatic rings. The van der Waals surface area contributed by atoms with Gasteiger partial charge >= 0.3 is 0 Å². The smallest absolute Gasteiger partial charge is 0.228 e. The average molecular weight is 519 g/mol. The zero-order chi connectivity index (χ0) is 27.4. The SMILES string of the molecule is CNC(=O)C1C(O)C[C@@](O)(C[C@@H](O)C(C)C)OC1C[C@H](/C=C/C(C)C)OC1OC(C)C(O)C(N)C1O. The third kappa shape index (κ3) is 7.92. The molecule has 11 nitrogen and oxygen atoms in total. The topological polar surface area (TPSA) is 184 Å². The van der Waals surface area contributed by atoms with Gasteiger partial charge in [0.05, 0.1) is 48.6 Å². The summed E-state index contributed by atoms with van der Waals surface area (Å²) in [6.45, 7) is 9.16. The number of carbonyl (C=O) groups is 1. The Kier molecular flexibility index (Phi) is 11.3. The summed E-state index contributed by atoms with van der Waals surface area (Å²) in [5.74, 6) is -3.32. The minimum Gasteiger partial charge on any atom is -0.393 e. The molecule has 0 aromatic carbocycles. The largest absolute Gasteiger partial charge is 0.393 e. The molecule has 2 heterocycles. The molecule has 210 valence electrons. The van der Waals surface area contributed by atoms with E-state index in [-0.39, 0.29) is 31.1 Å². The van der Waals surface area contributed by atoms with E-state index in [1.54, 1.807) is 26.8 Å². The summed E-state index contributed by atoms with van der Waals surface area (Å²) in [4.78, 5) is 12.7. The predicted octanol–water partition coefficient (Wildman–Crippen LogP) is -0.625. The number of nitrogens with one attached hydrogen (secondary N) is 1. The summed E-state index contributed by atoms with van der Waals surface area (Å²) in [6, 6.07) is -0.984. The Morgan fingerprint density at radius 2 is 1.83 bits per heavy atom. The molecule has 0 saturated carbocycles. The quantitative estimate of drug-likeness (QED) is 0.184. The van der Waals surface area contributed by atoms with E-state index in [2.05, 4.69) is 5.32 Å². The summed E-state index contributed by atoms with van der Waals surface area (Å²) in [5, 5.41) is 55.6. The Hall–Kier alpha value is -1.15. The summed E-state index contributed by atoms with van der Waals surface area (Å²) < 4.78 is 17.7. The summed E-state index contributed by atoms with van der Waals surface area (Å²) >= 11 is 0. The van der Waals surface area contributed by atoms with E-state index in [1.807, 2.05) is 19.9 Å². The fourth-order valence-electron chi connectivity index (χ4n) is 4.61. The fraction of sp³-hybridized carbons (Fsp3) is 0.880. The molecule has 0 aromatic heterocycles. The lowest BCUT2D eigenvalue weighted by Gasteiger charge is -2.46. The van der Waals surface area contributed by atoms with Crippen molar-refractivity contribution in [2.45, 2.75) is 115 Å². The van der Waals surface area contributed by atoms with Gasteiger partial charge in [0, 0.05) is 26.3 Å². The minimum absolute atomic E-state index is 0.0250. The first kappa shape index (κ1) is 31.1. The van der Waals surface area contributed by atoms with E-state index in [1.165, 1.54) is 7.05 Å². The van der Waals surface area contributed by atoms with Crippen molar-refractivity contribution < 1.29 is 44.5 Å². The first-order valence-corrected chi connectivity index (χ1v) is 12.8. The van der Waals surface area contributed by atoms with E-state index < -0.39 is 72.7 Å². The second-order valence-electron chi connectivity index (χ2n) is 10.8. The zero-order valence-electron chi connectivity index (χ0n) is 22.2. The molecule has 11 atom stereocenters. The number of amides is 1. The van der Waals surface area contributed by atoms with E-state index in [4.69, 9.17) is 19.9 Å². The molecule has 0 radical (unpaired) electrons. The van der Waals surface area contributed by atoms with E-state index in [0.29, 0.717) is 0 Å². The van der Waals surface area contributed by atoms with Crippen LogP contribution in [0.1, 0.15) is 53.9 Å². The molecule has 0 spiro atoms. The monoisotopic (exact) mass is 518 g/mol. The van der Waals surface area contributed by atoms with Gasteiger partial charge in [-0.15, -0.1) is 0 Å². The number of allylic oxidation sites excluding steroid dienone is 1. The van der Waals surface area contributed by atoms with Gasteiger partial charge in [-0.05, 0) is 18.8 Å². The molecule has 2 rings (SSSR count). The standard InChI is InChI=1S/C25H46N2O9/c1-12(2)7-8-15(35-24-22(31)20(26)21(30)14(5)34-24)9-18-19(23(32)27-6)17(29)11-25(33,36-18)10-16(28)13(3)4/h7-8,12-22,24,28-31,33H,9-11,26H2,1-6H3,(H,27,32)/b8-7+/t14?,15-,16+,17?,18?,19?,20?,21?,22?,24?,25+/m0/s1. The van der Waals surface area contributed by atoms with Gasteiger partial charge < -0.3 is 50.8 Å².